The first-order valence-electron chi connectivity index (χ1n) is 12.1. The predicted octanol–water partition coefficient (Wildman–Crippen LogP) is 4.21. The van der Waals surface area contributed by atoms with E-state index in [0.29, 0.717) is 18.3 Å². The maximum atomic E-state index is 12.8. The molecule has 6 nitrogen and oxygen atoms in total. The van der Waals surface area contributed by atoms with Crippen molar-refractivity contribution in [1.82, 2.24) is 15.6 Å². The molecule has 0 radical (unpaired) electrons. The topological polar surface area (TPSA) is 97.1 Å². The van der Waals surface area contributed by atoms with Crippen molar-refractivity contribution in [2.75, 3.05) is 5.73 Å². The summed E-state index contributed by atoms with van der Waals surface area (Å²) >= 11 is 0. The van der Waals surface area contributed by atoms with Crippen LogP contribution in [0.25, 0.3) is 10.8 Å². The van der Waals surface area contributed by atoms with Gasteiger partial charge in [-0.15, -0.1) is 0 Å². The Bertz CT molecular complexity index is 1210. The number of hydrogen-bond donors (Lipinski definition) is 3. The number of rotatable bonds is 7. The Balaban J connectivity index is 1.26. The van der Waals surface area contributed by atoms with Crippen molar-refractivity contribution in [2.24, 2.45) is 11.8 Å². The van der Waals surface area contributed by atoms with E-state index in [9.17, 15) is 9.59 Å². The summed E-state index contributed by atoms with van der Waals surface area (Å²) in [7, 11) is 0. The molecule has 34 heavy (non-hydrogen) atoms. The van der Waals surface area contributed by atoms with Crippen LogP contribution < -0.4 is 16.4 Å². The molecule has 0 spiro atoms. The number of nitrogens with zero attached hydrogens (tertiary/aromatic N) is 1. The molecule has 0 saturated heterocycles. The first kappa shape index (κ1) is 23.7. The van der Waals surface area contributed by atoms with E-state index < -0.39 is 6.04 Å². The van der Waals surface area contributed by atoms with Crippen molar-refractivity contribution in [3.8, 4) is 0 Å². The average Bonchev–Trinajstić information content (AvgIpc) is 3.27. The third kappa shape index (κ3) is 5.56. The van der Waals surface area contributed by atoms with E-state index in [-0.39, 0.29) is 17.7 Å². The summed E-state index contributed by atoms with van der Waals surface area (Å²) in [4.78, 5) is 29.5. The third-order valence-corrected chi connectivity index (χ3v) is 7.02. The number of pyridine rings is 1. The number of nitrogens with two attached hydrogens (primary N) is 1. The zero-order valence-electron chi connectivity index (χ0n) is 20.2. The molecule has 1 heterocycles. The minimum atomic E-state index is -0.586. The fourth-order valence-electron chi connectivity index (χ4n) is 4.98. The van der Waals surface area contributed by atoms with Crippen molar-refractivity contribution in [3.63, 3.8) is 0 Å². The van der Waals surface area contributed by atoms with Crippen LogP contribution in [0.5, 0.6) is 0 Å². The van der Waals surface area contributed by atoms with Gasteiger partial charge >= 0.3 is 0 Å². The summed E-state index contributed by atoms with van der Waals surface area (Å²) in [6, 6.07) is 16.1. The normalized spacial score (nSPS) is 18.6. The van der Waals surface area contributed by atoms with Gasteiger partial charge in [-0.05, 0) is 85.9 Å². The van der Waals surface area contributed by atoms with Crippen LogP contribution in [-0.4, -0.2) is 22.8 Å². The Morgan fingerprint density at radius 2 is 1.94 bits per heavy atom. The monoisotopic (exact) mass is 458 g/mol. The van der Waals surface area contributed by atoms with Crippen LogP contribution in [0.2, 0.25) is 0 Å². The van der Waals surface area contributed by atoms with Gasteiger partial charge in [0.1, 0.15) is 11.9 Å². The van der Waals surface area contributed by atoms with Gasteiger partial charge in [0.05, 0.1) is 0 Å². The fraction of sp³-hybridized carbons (Fsp3) is 0.393. The van der Waals surface area contributed by atoms with Gasteiger partial charge in [-0.3, -0.25) is 9.59 Å². The molecule has 1 aromatic heterocycles. The minimum Gasteiger partial charge on any atom is -0.384 e. The molecule has 178 valence electrons. The summed E-state index contributed by atoms with van der Waals surface area (Å²) in [5, 5.41) is 8.36. The van der Waals surface area contributed by atoms with Crippen molar-refractivity contribution in [3.05, 3.63) is 70.9 Å². The van der Waals surface area contributed by atoms with Gasteiger partial charge < -0.3 is 16.4 Å². The summed E-state index contributed by atoms with van der Waals surface area (Å²) in [6.07, 6.45) is 3.75. The van der Waals surface area contributed by atoms with E-state index in [2.05, 4.69) is 58.9 Å². The number of nitrogens with one attached hydrogen (secondary N) is 2. The molecule has 0 aliphatic heterocycles. The first-order valence-corrected chi connectivity index (χ1v) is 12.1. The Hall–Kier alpha value is -3.41. The molecule has 2 aromatic carbocycles. The van der Waals surface area contributed by atoms with E-state index in [1.165, 1.54) is 21.9 Å². The largest absolute Gasteiger partial charge is 0.384 e. The summed E-state index contributed by atoms with van der Waals surface area (Å²) in [5.74, 6) is 0.684. The molecule has 1 fully saturated rings. The molecule has 3 aromatic rings. The van der Waals surface area contributed by atoms with Crippen molar-refractivity contribution < 1.29 is 9.59 Å². The van der Waals surface area contributed by atoms with E-state index in [1.54, 1.807) is 13.0 Å². The molecule has 6 heteroatoms. The van der Waals surface area contributed by atoms with E-state index >= 15 is 0 Å². The SMILES string of the molecule is Cc1nc(N)ccc1CNC(=O)[C@H](C)NC(=O)[C@@H]1CC[C@@H](Cc2ccc3c(C)cccc3c2)C1. The van der Waals surface area contributed by atoms with E-state index in [0.717, 1.165) is 36.9 Å². The number of carbonyl (C=O) groups is 2. The number of amides is 2. The number of aromatic nitrogens is 1. The second kappa shape index (κ2) is 10.2. The lowest BCUT2D eigenvalue weighted by Crippen LogP contribution is -2.46. The highest BCUT2D eigenvalue weighted by molar-refractivity contribution is 5.88. The van der Waals surface area contributed by atoms with Crippen molar-refractivity contribution >= 4 is 28.4 Å². The van der Waals surface area contributed by atoms with Gasteiger partial charge in [0.2, 0.25) is 11.8 Å². The highest BCUT2D eigenvalue weighted by Crippen LogP contribution is 2.34. The summed E-state index contributed by atoms with van der Waals surface area (Å²) in [6.45, 7) is 6.08. The molecule has 1 aliphatic rings. The Kier molecular flexibility index (Phi) is 7.15. The lowest BCUT2D eigenvalue weighted by atomic mass is 9.94. The van der Waals surface area contributed by atoms with Gasteiger partial charge in [-0.2, -0.15) is 0 Å². The highest BCUT2D eigenvalue weighted by Gasteiger charge is 2.31. The molecular formula is C28H34N4O2. The lowest BCUT2D eigenvalue weighted by molar-refractivity contribution is -0.130. The lowest BCUT2D eigenvalue weighted by Gasteiger charge is -2.18. The maximum absolute atomic E-state index is 12.8. The summed E-state index contributed by atoms with van der Waals surface area (Å²) < 4.78 is 0. The molecule has 1 saturated carbocycles. The number of benzene rings is 2. The quantitative estimate of drug-likeness (QED) is 0.494. The van der Waals surface area contributed by atoms with Gasteiger partial charge in [-0.1, -0.05) is 42.5 Å². The van der Waals surface area contributed by atoms with E-state index in [1.807, 2.05) is 13.0 Å². The third-order valence-electron chi connectivity index (χ3n) is 7.02. The second-order valence-corrected chi connectivity index (χ2v) is 9.64. The molecule has 4 N–H and O–H groups in total. The fourth-order valence-corrected chi connectivity index (χ4v) is 4.98. The number of anilines is 1. The minimum absolute atomic E-state index is 0.0235. The number of carbonyl (C=O) groups excluding carboxylic acids is 2. The average molecular weight is 459 g/mol. The zero-order chi connectivity index (χ0) is 24.2. The maximum Gasteiger partial charge on any atom is 0.242 e. The number of nitrogen functional groups attached to an aromatic ring is 1. The van der Waals surface area contributed by atoms with Gasteiger partial charge in [-0.25, -0.2) is 4.98 Å². The van der Waals surface area contributed by atoms with Crippen LogP contribution in [0, 0.1) is 25.7 Å². The molecule has 1 aliphatic carbocycles. The van der Waals surface area contributed by atoms with Gasteiger partial charge in [0.15, 0.2) is 0 Å². The zero-order valence-corrected chi connectivity index (χ0v) is 20.2. The van der Waals surface area contributed by atoms with Crippen LogP contribution in [0.3, 0.4) is 0 Å². The van der Waals surface area contributed by atoms with Gasteiger partial charge in [0.25, 0.3) is 0 Å². The van der Waals surface area contributed by atoms with Crippen molar-refractivity contribution in [1.29, 1.82) is 0 Å². The molecule has 0 bridgehead atoms. The second-order valence-electron chi connectivity index (χ2n) is 9.64. The highest BCUT2D eigenvalue weighted by atomic mass is 16.2. The Labute approximate surface area is 201 Å². The predicted molar refractivity (Wildman–Crippen MR) is 136 cm³/mol. The molecular weight excluding hydrogens is 424 g/mol. The van der Waals surface area contributed by atoms with Crippen LogP contribution in [0.4, 0.5) is 5.82 Å². The smallest absolute Gasteiger partial charge is 0.242 e. The van der Waals surface area contributed by atoms with Crippen LogP contribution in [0.1, 0.15) is 48.6 Å². The van der Waals surface area contributed by atoms with E-state index in [4.69, 9.17) is 5.73 Å². The summed E-state index contributed by atoms with van der Waals surface area (Å²) in [5.41, 5.74) is 9.99. The standard InChI is InChI=1S/C28H34N4O2/c1-17-5-4-6-22-14-21(8-11-25(17)22)13-20-7-9-23(15-20)28(34)32-19(3)27(33)30-16-24-10-12-26(29)31-18(24)2/h4-6,8,10-12,14,19-20,23H,7,9,13,15-16H2,1-3H3,(H2,29,31)(H,30,33)(H,32,34)/t19-,20-,23+/m0/s1. The first-order chi connectivity index (χ1) is 16.3. The molecule has 3 atom stereocenters. The number of aryl methyl sites for hydroxylation is 2. The molecule has 0 unspecified atom stereocenters. The molecule has 2 amide bonds. The number of hydrogen-bond acceptors (Lipinski definition) is 4. The van der Waals surface area contributed by atoms with Crippen LogP contribution >= 0.6 is 0 Å². The van der Waals surface area contributed by atoms with Crippen LogP contribution in [-0.2, 0) is 22.6 Å². The Morgan fingerprint density at radius 3 is 2.74 bits per heavy atom. The Morgan fingerprint density at radius 1 is 1.12 bits per heavy atom. The number of fused-ring (bicyclic) bond motifs is 1. The molecule has 4 rings (SSSR count). The van der Waals surface area contributed by atoms with Crippen molar-refractivity contribution in [2.45, 2.75) is 59.0 Å². The van der Waals surface area contributed by atoms with Gasteiger partial charge in [0, 0.05) is 18.2 Å². The van der Waals surface area contributed by atoms with Crippen LogP contribution in [0.15, 0.2) is 48.5 Å².